The molecule has 1 spiro atoms. The van der Waals surface area contributed by atoms with Crippen LogP contribution >= 0.6 is 0 Å². The van der Waals surface area contributed by atoms with E-state index < -0.39 is 0 Å². The van der Waals surface area contributed by atoms with Gasteiger partial charge in [0.25, 0.3) is 0 Å². The normalized spacial score (nSPS) is 49.2. The predicted octanol–water partition coefficient (Wildman–Crippen LogP) is 4.09. The molecule has 0 N–H and O–H groups in total. The second-order valence-electron chi connectivity index (χ2n) is 10.2. The summed E-state index contributed by atoms with van der Waals surface area (Å²) < 4.78 is 18.7. The number of epoxide rings is 1. The van der Waals surface area contributed by atoms with Gasteiger partial charge in [0.05, 0.1) is 13.2 Å². The number of hydrogen-bond acceptors (Lipinski definition) is 4. The Kier molecular flexibility index (Phi) is 3.11. The molecule has 4 fully saturated rings. The topological polar surface area (TPSA) is 48.1 Å². The summed E-state index contributed by atoms with van der Waals surface area (Å²) in [5.41, 5.74) is 3.89. The molecule has 0 aromatic heterocycles. The van der Waals surface area contributed by atoms with Crippen molar-refractivity contribution in [1.82, 2.24) is 0 Å². The van der Waals surface area contributed by atoms with Crippen LogP contribution in [-0.4, -0.2) is 36.0 Å². The van der Waals surface area contributed by atoms with Gasteiger partial charge in [-0.1, -0.05) is 18.6 Å². The molecule has 2 aliphatic heterocycles. The van der Waals surface area contributed by atoms with E-state index >= 15 is 0 Å². The molecule has 5 atom stereocenters. The van der Waals surface area contributed by atoms with E-state index in [1.807, 2.05) is 0 Å². The summed E-state index contributed by atoms with van der Waals surface area (Å²) in [4.78, 5) is 12.4. The number of rotatable bonds is 1. The molecule has 0 aromatic carbocycles. The Balaban J connectivity index is 1.35. The summed E-state index contributed by atoms with van der Waals surface area (Å²) in [5.74, 6) is 1.01. The Labute approximate surface area is 161 Å². The van der Waals surface area contributed by atoms with Gasteiger partial charge in [0, 0.05) is 23.8 Å². The maximum absolute atomic E-state index is 12.4. The first-order chi connectivity index (χ1) is 12.8. The molecule has 4 aliphatic carbocycles. The molecule has 4 heteroatoms. The SMILES string of the molecule is CC(=O)C1=C(C)CC2C3CCC45CC6(CCC4(O5)C3=CC[C@]12C)OCCO6. The fourth-order valence-electron chi connectivity index (χ4n) is 7.98. The smallest absolute Gasteiger partial charge is 0.171 e. The first-order valence-electron chi connectivity index (χ1n) is 10.7. The Morgan fingerprint density at radius 1 is 1.19 bits per heavy atom. The third-order valence-electron chi connectivity index (χ3n) is 8.94. The molecule has 0 amide bonds. The second kappa shape index (κ2) is 4.95. The average Bonchev–Trinajstić information content (AvgIpc) is 2.93. The van der Waals surface area contributed by atoms with Crippen molar-refractivity contribution in [2.24, 2.45) is 17.3 Å². The monoisotopic (exact) mass is 370 g/mol. The Morgan fingerprint density at radius 2 is 1.96 bits per heavy atom. The summed E-state index contributed by atoms with van der Waals surface area (Å²) in [7, 11) is 0. The molecule has 6 rings (SSSR count). The molecular formula is C23H30O4. The number of carbonyl (C=O) groups is 1. The van der Waals surface area contributed by atoms with Crippen LogP contribution in [0.3, 0.4) is 0 Å². The van der Waals surface area contributed by atoms with Crippen LogP contribution in [0.25, 0.3) is 0 Å². The molecule has 4 unspecified atom stereocenters. The fraction of sp³-hybridized carbons (Fsp3) is 0.783. The highest BCUT2D eigenvalue weighted by molar-refractivity contribution is 5.96. The van der Waals surface area contributed by atoms with Gasteiger partial charge in [0.15, 0.2) is 11.6 Å². The zero-order chi connectivity index (χ0) is 18.7. The van der Waals surface area contributed by atoms with Crippen molar-refractivity contribution in [3.63, 3.8) is 0 Å². The number of fused-ring (bicyclic) bond motifs is 3. The van der Waals surface area contributed by atoms with Crippen LogP contribution in [-0.2, 0) is 19.0 Å². The van der Waals surface area contributed by atoms with Crippen molar-refractivity contribution >= 4 is 5.78 Å². The highest BCUT2D eigenvalue weighted by Crippen LogP contribution is 2.73. The van der Waals surface area contributed by atoms with E-state index in [9.17, 15) is 4.79 Å². The summed E-state index contributed by atoms with van der Waals surface area (Å²) in [5, 5.41) is 0. The maximum atomic E-state index is 12.4. The van der Waals surface area contributed by atoms with Crippen molar-refractivity contribution < 1.29 is 19.0 Å². The number of ketones is 1. The van der Waals surface area contributed by atoms with Crippen LogP contribution in [0.15, 0.2) is 22.8 Å². The van der Waals surface area contributed by atoms with E-state index in [2.05, 4.69) is 19.9 Å². The summed E-state index contributed by atoms with van der Waals surface area (Å²) in [6, 6.07) is 0. The predicted molar refractivity (Wildman–Crippen MR) is 100 cm³/mol. The van der Waals surface area contributed by atoms with Crippen molar-refractivity contribution in [1.29, 1.82) is 0 Å². The summed E-state index contributed by atoms with van der Waals surface area (Å²) >= 11 is 0. The van der Waals surface area contributed by atoms with Crippen molar-refractivity contribution in [3.8, 4) is 0 Å². The number of ether oxygens (including phenoxy) is 3. The van der Waals surface area contributed by atoms with Crippen LogP contribution in [0.1, 0.15) is 65.7 Å². The van der Waals surface area contributed by atoms with Crippen LogP contribution in [0.5, 0.6) is 0 Å². The number of allylic oxidation sites excluding steroid dienone is 3. The first kappa shape index (κ1) is 16.9. The molecular weight excluding hydrogens is 340 g/mol. The molecule has 6 aliphatic rings. The molecule has 146 valence electrons. The average molecular weight is 370 g/mol. The molecule has 2 heterocycles. The zero-order valence-electron chi connectivity index (χ0n) is 16.7. The lowest BCUT2D eigenvalue weighted by atomic mass is 9.53. The molecule has 0 radical (unpaired) electrons. The van der Waals surface area contributed by atoms with E-state index in [-0.39, 0.29) is 28.2 Å². The minimum absolute atomic E-state index is 0.0170. The van der Waals surface area contributed by atoms with Gasteiger partial charge in [-0.2, -0.15) is 0 Å². The van der Waals surface area contributed by atoms with Crippen LogP contribution in [0.4, 0.5) is 0 Å². The Bertz CT molecular complexity index is 803. The summed E-state index contributed by atoms with van der Waals surface area (Å²) in [6.07, 6.45) is 9.65. The molecule has 0 aromatic rings. The maximum Gasteiger partial charge on any atom is 0.171 e. The van der Waals surface area contributed by atoms with Gasteiger partial charge in [-0.3, -0.25) is 4.79 Å². The van der Waals surface area contributed by atoms with E-state index in [0.717, 1.165) is 44.1 Å². The lowest BCUT2D eigenvalue weighted by molar-refractivity contribution is -0.185. The van der Waals surface area contributed by atoms with Gasteiger partial charge in [0.1, 0.15) is 11.2 Å². The van der Waals surface area contributed by atoms with Gasteiger partial charge in [-0.25, -0.2) is 0 Å². The highest BCUT2D eigenvalue weighted by Gasteiger charge is 2.79. The summed E-state index contributed by atoms with van der Waals surface area (Å²) in [6.45, 7) is 7.70. The third-order valence-corrected chi connectivity index (χ3v) is 8.94. The quantitative estimate of drug-likeness (QED) is 0.515. The second-order valence-corrected chi connectivity index (χ2v) is 10.2. The van der Waals surface area contributed by atoms with E-state index in [0.29, 0.717) is 25.0 Å². The fourth-order valence-corrected chi connectivity index (χ4v) is 7.98. The number of hydrogen-bond donors (Lipinski definition) is 0. The zero-order valence-corrected chi connectivity index (χ0v) is 16.7. The third kappa shape index (κ3) is 1.88. The minimum Gasteiger partial charge on any atom is -0.358 e. The Hall–Kier alpha value is -0.970. The number of carbonyl (C=O) groups excluding carboxylic acids is 1. The first-order valence-corrected chi connectivity index (χ1v) is 10.7. The van der Waals surface area contributed by atoms with Crippen molar-refractivity contribution in [2.75, 3.05) is 13.2 Å². The van der Waals surface area contributed by atoms with Crippen LogP contribution < -0.4 is 0 Å². The van der Waals surface area contributed by atoms with Crippen molar-refractivity contribution in [3.05, 3.63) is 22.8 Å². The van der Waals surface area contributed by atoms with Gasteiger partial charge in [-0.15, -0.1) is 0 Å². The largest absolute Gasteiger partial charge is 0.358 e. The molecule has 0 bridgehead atoms. The molecule has 27 heavy (non-hydrogen) atoms. The molecule has 2 saturated heterocycles. The van der Waals surface area contributed by atoms with Gasteiger partial charge in [0.2, 0.25) is 0 Å². The van der Waals surface area contributed by atoms with Crippen molar-refractivity contribution in [2.45, 2.75) is 82.7 Å². The van der Waals surface area contributed by atoms with E-state index in [4.69, 9.17) is 14.2 Å². The minimum atomic E-state index is -0.385. The van der Waals surface area contributed by atoms with Crippen LogP contribution in [0, 0.1) is 17.3 Å². The van der Waals surface area contributed by atoms with E-state index in [1.54, 1.807) is 12.5 Å². The Morgan fingerprint density at radius 3 is 2.70 bits per heavy atom. The lowest BCUT2D eigenvalue weighted by Gasteiger charge is -2.49. The molecule has 2 saturated carbocycles. The molecule has 4 nitrogen and oxygen atoms in total. The van der Waals surface area contributed by atoms with E-state index in [1.165, 1.54) is 12.0 Å². The van der Waals surface area contributed by atoms with Gasteiger partial charge >= 0.3 is 0 Å². The van der Waals surface area contributed by atoms with Gasteiger partial charge < -0.3 is 14.2 Å². The van der Waals surface area contributed by atoms with Crippen LogP contribution in [0.2, 0.25) is 0 Å². The van der Waals surface area contributed by atoms with Gasteiger partial charge in [-0.05, 0) is 63.4 Å². The number of Topliss-reactive ketones (excluding diaryl/α,β-unsaturated/α-hetero) is 1. The standard InChI is InChI=1S/C23H30O4/c1-14-12-18-16-4-7-21-13-22(25-10-11-26-22)8-9-23(21,27-21)17(16)5-6-20(18,3)19(14)15(2)24/h5,16,18H,4,6-13H2,1-3H3/t16?,18?,20-,21?,23?/m0/s1. The highest BCUT2D eigenvalue weighted by atomic mass is 16.7. The lowest BCUT2D eigenvalue weighted by Crippen LogP contribution is -2.51.